The van der Waals surface area contributed by atoms with E-state index in [1.807, 2.05) is 10.6 Å². The zero-order chi connectivity index (χ0) is 33.2. The van der Waals surface area contributed by atoms with Crippen LogP contribution in [0.3, 0.4) is 0 Å². The SMILES string of the molecule is CNC(=O)c1c(-c2ccc(F)cc2)oc2nc(NCC(F)(F)C(F)(F)F)c(-c3cccc(C(=O)NC(CF)(CF)CF)c3)cc12. The van der Waals surface area contributed by atoms with Gasteiger partial charge in [0.25, 0.3) is 11.8 Å². The summed E-state index contributed by atoms with van der Waals surface area (Å²) in [6.07, 6.45) is -5.93. The summed E-state index contributed by atoms with van der Waals surface area (Å²) in [5.74, 6) is -8.39. The Kier molecular flexibility index (Phi) is 9.35. The number of aromatic nitrogens is 1. The van der Waals surface area contributed by atoms with Crippen LogP contribution < -0.4 is 16.0 Å². The lowest BCUT2D eigenvalue weighted by atomic mass is 9.99. The predicted octanol–water partition coefficient (Wildman–Crippen LogP) is 6.65. The normalized spacial score (nSPS) is 12.3. The molecule has 240 valence electrons. The summed E-state index contributed by atoms with van der Waals surface area (Å²) in [6.45, 7) is -6.70. The highest BCUT2D eigenvalue weighted by molar-refractivity contribution is 6.11. The minimum Gasteiger partial charge on any atom is -0.437 e. The molecule has 0 saturated carbocycles. The fourth-order valence-electron chi connectivity index (χ4n) is 4.18. The monoisotopic (exact) mass is 646 g/mol. The number of halogens is 9. The molecule has 2 aromatic carbocycles. The zero-order valence-corrected chi connectivity index (χ0v) is 23.1. The number of nitrogens with zero attached hydrogens (tertiary/aromatic N) is 1. The van der Waals surface area contributed by atoms with Gasteiger partial charge in [0, 0.05) is 23.7 Å². The summed E-state index contributed by atoms with van der Waals surface area (Å²) in [6, 6.07) is 10.7. The molecular weight excluding hydrogens is 623 g/mol. The highest BCUT2D eigenvalue weighted by Crippen LogP contribution is 2.40. The number of alkyl halides is 8. The molecule has 0 aliphatic carbocycles. The number of benzene rings is 2. The van der Waals surface area contributed by atoms with Crippen molar-refractivity contribution in [2.24, 2.45) is 0 Å². The molecule has 4 rings (SSSR count). The van der Waals surface area contributed by atoms with Crippen molar-refractivity contribution >= 4 is 28.7 Å². The molecule has 0 aliphatic rings. The number of nitrogens with one attached hydrogen (secondary N) is 3. The van der Waals surface area contributed by atoms with Crippen LogP contribution in [0.5, 0.6) is 0 Å². The topological polar surface area (TPSA) is 96.3 Å². The fourth-order valence-corrected chi connectivity index (χ4v) is 4.18. The average molecular weight is 647 g/mol. The second-order valence-corrected chi connectivity index (χ2v) is 9.90. The minimum absolute atomic E-state index is 0.0337. The molecule has 2 aromatic heterocycles. The lowest BCUT2D eigenvalue weighted by molar-refractivity contribution is -0.275. The molecule has 0 atom stereocenters. The molecular formula is C29H23F9N4O3. The highest BCUT2D eigenvalue weighted by atomic mass is 19.4. The van der Waals surface area contributed by atoms with Crippen molar-refractivity contribution in [3.05, 3.63) is 71.5 Å². The van der Waals surface area contributed by atoms with Crippen molar-refractivity contribution in [3.63, 3.8) is 0 Å². The first-order valence-corrected chi connectivity index (χ1v) is 12.9. The van der Waals surface area contributed by atoms with E-state index in [4.69, 9.17) is 4.42 Å². The van der Waals surface area contributed by atoms with Gasteiger partial charge in [0.1, 0.15) is 43.0 Å². The van der Waals surface area contributed by atoms with E-state index in [1.165, 1.54) is 43.4 Å². The molecule has 2 amide bonds. The fraction of sp³-hybridized carbons (Fsp3) is 0.276. The minimum atomic E-state index is -5.93. The Morgan fingerprint density at radius 3 is 2.09 bits per heavy atom. The molecule has 2 heterocycles. The largest absolute Gasteiger partial charge is 0.455 e. The van der Waals surface area contributed by atoms with Crippen molar-refractivity contribution < 1.29 is 53.5 Å². The van der Waals surface area contributed by atoms with E-state index in [1.54, 1.807) is 0 Å². The summed E-state index contributed by atoms with van der Waals surface area (Å²) in [5.41, 5.74) is -3.30. The number of furan rings is 1. The van der Waals surface area contributed by atoms with E-state index in [-0.39, 0.29) is 44.7 Å². The van der Waals surface area contributed by atoms with Gasteiger partial charge in [-0.25, -0.2) is 17.6 Å². The summed E-state index contributed by atoms with van der Waals surface area (Å²) in [7, 11) is 1.29. The first-order valence-electron chi connectivity index (χ1n) is 12.9. The maximum absolute atomic E-state index is 13.9. The molecule has 16 heteroatoms. The van der Waals surface area contributed by atoms with E-state index < -0.39 is 67.7 Å². The van der Waals surface area contributed by atoms with Gasteiger partial charge in [0.05, 0.1) is 17.5 Å². The Hall–Kier alpha value is -4.76. The molecule has 0 aliphatic heterocycles. The van der Waals surface area contributed by atoms with Crippen LogP contribution >= 0.6 is 0 Å². The summed E-state index contributed by atoms with van der Waals surface area (Å²) in [4.78, 5) is 29.8. The van der Waals surface area contributed by atoms with Gasteiger partial charge in [-0.1, -0.05) is 12.1 Å². The van der Waals surface area contributed by atoms with E-state index in [0.29, 0.717) is 0 Å². The summed E-state index contributed by atoms with van der Waals surface area (Å²) >= 11 is 0. The van der Waals surface area contributed by atoms with Gasteiger partial charge in [-0.3, -0.25) is 9.59 Å². The molecule has 4 aromatic rings. The van der Waals surface area contributed by atoms with Crippen molar-refractivity contribution in [1.82, 2.24) is 15.6 Å². The Bertz CT molecular complexity index is 1690. The Labute approximate surface area is 248 Å². The lowest BCUT2D eigenvalue weighted by Crippen LogP contribution is -2.54. The van der Waals surface area contributed by atoms with Gasteiger partial charge in [-0.05, 0) is 48.0 Å². The molecule has 45 heavy (non-hydrogen) atoms. The second kappa shape index (κ2) is 12.7. The van der Waals surface area contributed by atoms with Crippen LogP contribution in [0.1, 0.15) is 20.7 Å². The average Bonchev–Trinajstić information content (AvgIpc) is 3.40. The van der Waals surface area contributed by atoms with E-state index in [0.717, 1.165) is 18.2 Å². The summed E-state index contributed by atoms with van der Waals surface area (Å²) < 4.78 is 126. The third kappa shape index (κ3) is 6.68. The highest BCUT2D eigenvalue weighted by Gasteiger charge is 2.57. The third-order valence-corrected chi connectivity index (χ3v) is 6.72. The van der Waals surface area contributed by atoms with E-state index in [9.17, 15) is 49.1 Å². The molecule has 0 unspecified atom stereocenters. The Morgan fingerprint density at radius 1 is 0.867 bits per heavy atom. The van der Waals surface area contributed by atoms with Crippen molar-refractivity contribution in [2.75, 3.05) is 38.9 Å². The van der Waals surface area contributed by atoms with Crippen LogP contribution in [0.4, 0.5) is 45.3 Å². The van der Waals surface area contributed by atoms with Crippen molar-refractivity contribution in [3.8, 4) is 22.5 Å². The van der Waals surface area contributed by atoms with Gasteiger partial charge >= 0.3 is 12.1 Å². The number of hydrogen-bond donors (Lipinski definition) is 3. The molecule has 0 spiro atoms. The second-order valence-electron chi connectivity index (χ2n) is 9.90. The van der Waals surface area contributed by atoms with Crippen LogP contribution in [-0.4, -0.2) is 68.1 Å². The third-order valence-electron chi connectivity index (χ3n) is 6.72. The van der Waals surface area contributed by atoms with Crippen molar-refractivity contribution in [1.29, 1.82) is 0 Å². The maximum atomic E-state index is 13.9. The molecule has 0 bridgehead atoms. The number of carbonyl (C=O) groups excluding carboxylic acids is 2. The number of hydrogen-bond acceptors (Lipinski definition) is 5. The number of amides is 2. The lowest BCUT2D eigenvalue weighted by Gasteiger charge is -2.25. The number of rotatable bonds is 11. The standard InChI is InChI=1S/C29H23F9N4O3/c1-39-25(44)21-20-10-19(16-3-2-4-17(9-16)24(43)42-27(11-30,12-31)13-32)23(40-14-28(34,35)29(36,37)38)41-26(20)45-22(21)15-5-7-18(33)8-6-15/h2-10H,11-14H2,1H3,(H,39,44)(H,40,41)(H,42,43). The number of carbonyl (C=O) groups is 2. The first-order chi connectivity index (χ1) is 21.2. The van der Waals surface area contributed by atoms with Gasteiger partial charge < -0.3 is 20.4 Å². The Balaban J connectivity index is 1.91. The van der Waals surface area contributed by atoms with E-state index >= 15 is 0 Å². The predicted molar refractivity (Wildman–Crippen MR) is 146 cm³/mol. The molecule has 0 saturated heterocycles. The van der Waals surface area contributed by atoms with Gasteiger partial charge in [-0.2, -0.15) is 26.9 Å². The summed E-state index contributed by atoms with van der Waals surface area (Å²) in [5, 5.41) is 6.22. The van der Waals surface area contributed by atoms with Crippen LogP contribution in [0.15, 0.2) is 59.0 Å². The van der Waals surface area contributed by atoms with Gasteiger partial charge in [0.2, 0.25) is 5.71 Å². The first kappa shape index (κ1) is 33.1. The Morgan fingerprint density at radius 2 is 1.51 bits per heavy atom. The molecule has 3 N–H and O–H groups in total. The number of anilines is 1. The van der Waals surface area contributed by atoms with Crippen LogP contribution in [0.25, 0.3) is 33.6 Å². The van der Waals surface area contributed by atoms with Crippen LogP contribution in [0, 0.1) is 5.82 Å². The maximum Gasteiger partial charge on any atom is 0.455 e. The quantitative estimate of drug-likeness (QED) is 0.159. The molecule has 0 radical (unpaired) electrons. The number of fused-ring (bicyclic) bond motifs is 1. The molecule has 7 nitrogen and oxygen atoms in total. The van der Waals surface area contributed by atoms with Gasteiger partial charge in [0.15, 0.2) is 0 Å². The van der Waals surface area contributed by atoms with Crippen LogP contribution in [0.2, 0.25) is 0 Å². The smallest absolute Gasteiger partial charge is 0.437 e. The van der Waals surface area contributed by atoms with Crippen LogP contribution in [-0.2, 0) is 0 Å². The zero-order valence-electron chi connectivity index (χ0n) is 23.1. The van der Waals surface area contributed by atoms with E-state index in [2.05, 4.69) is 10.3 Å². The number of pyridine rings is 1. The molecule has 0 fully saturated rings. The van der Waals surface area contributed by atoms with Crippen molar-refractivity contribution in [2.45, 2.75) is 17.6 Å². The van der Waals surface area contributed by atoms with Gasteiger partial charge in [-0.15, -0.1) is 0 Å².